The Balaban J connectivity index is 2.13. The molecule has 0 radical (unpaired) electrons. The molecule has 10 atom stereocenters. The van der Waals surface area contributed by atoms with Gasteiger partial charge in [-0.25, -0.2) is 9.79 Å². The number of nitrogens with one attached hydrogen (secondary N) is 1. The molecule has 0 spiro atoms. The third kappa shape index (κ3) is 12.5. The number of amides is 4. The molecule has 3 rings (SSSR count). The molecule has 14 nitrogen and oxygen atoms in total. The van der Waals surface area contributed by atoms with Gasteiger partial charge in [0.15, 0.2) is 5.90 Å². The molecule has 1 aromatic carbocycles. The van der Waals surface area contributed by atoms with E-state index in [1.807, 2.05) is 74.4 Å². The predicted molar refractivity (Wildman–Crippen MR) is 232 cm³/mol. The Morgan fingerprint density at radius 1 is 0.900 bits per heavy atom. The minimum absolute atomic E-state index is 0.0717. The average molecular weight is 840 g/mol. The quantitative estimate of drug-likeness (QED) is 0.373. The third-order valence-corrected chi connectivity index (χ3v) is 12.3. The first-order valence-electron chi connectivity index (χ1n) is 21.4. The molecule has 2 N–H and O–H groups in total. The highest BCUT2D eigenvalue weighted by Crippen LogP contribution is 2.32. The van der Waals surface area contributed by atoms with E-state index < -0.39 is 83.3 Å². The fraction of sp³-hybridized carbons (Fsp3) is 0.696. The SMILES string of the molecule is CC[C@H](C)[C@H]1C(=O)N(C)[C@@H](C(C)C)C(=O)O[C@H](C(C)(C)C)C[C@@H](C)C[C@H](O)[C@H](C)C2=N[C@@H](/C=C(\C)C(=O)N[C@@H](Cc3ccc(OC)cc3)C(=O)N(C)[C@@H](C)C(=O)N1C)CO2. The van der Waals surface area contributed by atoms with E-state index in [0.717, 1.165) is 5.56 Å². The maximum absolute atomic E-state index is 14.6. The number of aliphatic hydroxyl groups is 1. The summed E-state index contributed by atoms with van der Waals surface area (Å²) >= 11 is 0. The van der Waals surface area contributed by atoms with Crippen molar-refractivity contribution in [2.75, 3.05) is 34.9 Å². The van der Waals surface area contributed by atoms with Crippen molar-refractivity contribution in [3.8, 4) is 5.75 Å². The van der Waals surface area contributed by atoms with Crippen molar-refractivity contribution in [1.29, 1.82) is 0 Å². The number of aliphatic imine (C=N–C) groups is 1. The molecule has 1 aromatic rings. The van der Waals surface area contributed by atoms with Gasteiger partial charge in [-0.15, -0.1) is 0 Å². The van der Waals surface area contributed by atoms with E-state index in [9.17, 15) is 29.1 Å². The fourth-order valence-electron chi connectivity index (χ4n) is 7.88. The van der Waals surface area contributed by atoms with Crippen molar-refractivity contribution in [3.63, 3.8) is 0 Å². The normalized spacial score (nSPS) is 30.4. The van der Waals surface area contributed by atoms with Gasteiger partial charge in [0, 0.05) is 33.1 Å². The van der Waals surface area contributed by atoms with Crippen LogP contribution in [-0.4, -0.2) is 133 Å². The van der Waals surface area contributed by atoms with Crippen LogP contribution in [0.15, 0.2) is 40.9 Å². The Morgan fingerprint density at radius 3 is 2.05 bits per heavy atom. The lowest BCUT2D eigenvalue weighted by molar-refractivity contribution is -0.168. The third-order valence-electron chi connectivity index (χ3n) is 12.3. The lowest BCUT2D eigenvalue weighted by Gasteiger charge is -2.40. The summed E-state index contributed by atoms with van der Waals surface area (Å²) in [6.07, 6.45) is 1.85. The number of cyclic esters (lactones) is 1. The van der Waals surface area contributed by atoms with Crippen molar-refractivity contribution in [1.82, 2.24) is 20.0 Å². The molecule has 60 heavy (non-hydrogen) atoms. The van der Waals surface area contributed by atoms with E-state index in [0.29, 0.717) is 36.5 Å². The number of carbonyl (C=O) groups excluding carboxylic acids is 5. The van der Waals surface area contributed by atoms with Crippen LogP contribution in [0.3, 0.4) is 0 Å². The standard InChI is InChI=1S/C46H73N5O9/c1-16-28(5)39-44(56)50(13)38(26(2)3)45(57)60-37(46(9,10)11)22-27(4)21-36(52)30(7)41-47-33(25-59-41)23-29(6)40(53)48-35(24-32-17-19-34(58-15)20-18-32)43(55)49(12)31(8)42(54)51(39)14/h17-20,23,26-28,30-31,33,35-39,52H,16,21-22,24-25H2,1-15H3,(H,48,53)/b29-23+/t27-,28-,30-,31-,33-,35-,36-,37-,38-,39-/m0/s1. The number of fused-ring (bicyclic) bond motifs is 1. The van der Waals surface area contributed by atoms with Gasteiger partial charge < -0.3 is 39.3 Å². The molecule has 0 aliphatic carbocycles. The molecule has 0 saturated heterocycles. The highest BCUT2D eigenvalue weighted by atomic mass is 16.5. The van der Waals surface area contributed by atoms with E-state index in [2.05, 4.69) is 5.32 Å². The summed E-state index contributed by atoms with van der Waals surface area (Å²) in [5.41, 5.74) is 0.611. The first kappa shape index (κ1) is 49.9. The van der Waals surface area contributed by atoms with Crippen LogP contribution in [0.25, 0.3) is 0 Å². The minimum Gasteiger partial charge on any atom is -0.497 e. The van der Waals surface area contributed by atoms with Crippen LogP contribution in [0.1, 0.15) is 101 Å². The van der Waals surface area contributed by atoms with Gasteiger partial charge in [0.1, 0.15) is 48.7 Å². The number of methoxy groups -OCH3 is 1. The number of ether oxygens (including phenoxy) is 3. The predicted octanol–water partition coefficient (Wildman–Crippen LogP) is 5.05. The zero-order valence-corrected chi connectivity index (χ0v) is 38.8. The van der Waals surface area contributed by atoms with E-state index in [1.54, 1.807) is 53.3 Å². The van der Waals surface area contributed by atoms with Crippen molar-refractivity contribution < 1.29 is 43.3 Å². The molecule has 336 valence electrons. The van der Waals surface area contributed by atoms with E-state index in [-0.39, 0.29) is 30.8 Å². The highest BCUT2D eigenvalue weighted by molar-refractivity contribution is 5.98. The molecule has 4 amide bonds. The summed E-state index contributed by atoms with van der Waals surface area (Å²) in [6, 6.07) is 2.63. The van der Waals surface area contributed by atoms with E-state index >= 15 is 0 Å². The second kappa shape index (κ2) is 21.4. The number of nitrogens with zero attached hydrogens (tertiary/aromatic N) is 4. The molecular formula is C46H73N5O9. The largest absolute Gasteiger partial charge is 0.497 e. The molecule has 2 heterocycles. The number of hydrogen-bond acceptors (Lipinski definition) is 10. The number of esters is 1. The average Bonchev–Trinajstić information content (AvgIpc) is 3.66. The smallest absolute Gasteiger partial charge is 0.329 e. The first-order valence-corrected chi connectivity index (χ1v) is 21.4. The van der Waals surface area contributed by atoms with Gasteiger partial charge in [-0.05, 0) is 73.6 Å². The van der Waals surface area contributed by atoms with E-state index in [1.165, 1.54) is 21.7 Å². The summed E-state index contributed by atoms with van der Waals surface area (Å²) in [5, 5.41) is 14.3. The molecule has 0 saturated carbocycles. The molecule has 0 unspecified atom stereocenters. The summed E-state index contributed by atoms with van der Waals surface area (Å²) in [6.45, 7) is 20.8. The highest BCUT2D eigenvalue weighted by Gasteiger charge is 2.43. The second-order valence-electron chi connectivity index (χ2n) is 18.5. The monoisotopic (exact) mass is 840 g/mol. The van der Waals surface area contributed by atoms with Crippen molar-refractivity contribution >= 4 is 35.5 Å². The molecule has 14 heteroatoms. The van der Waals surface area contributed by atoms with Crippen molar-refractivity contribution in [2.45, 2.75) is 144 Å². The van der Waals surface area contributed by atoms with Crippen LogP contribution < -0.4 is 10.1 Å². The number of hydrogen-bond donors (Lipinski definition) is 2. The minimum atomic E-state index is -1.07. The fourth-order valence-corrected chi connectivity index (χ4v) is 7.88. The summed E-state index contributed by atoms with van der Waals surface area (Å²) < 4.78 is 17.5. The van der Waals surface area contributed by atoms with Gasteiger partial charge in [-0.1, -0.05) is 80.9 Å². The summed E-state index contributed by atoms with van der Waals surface area (Å²) in [5.74, 6) is -2.59. The summed E-state index contributed by atoms with van der Waals surface area (Å²) in [7, 11) is 6.18. The van der Waals surface area contributed by atoms with Crippen LogP contribution in [0.2, 0.25) is 0 Å². The summed E-state index contributed by atoms with van der Waals surface area (Å²) in [4.78, 5) is 80.1. The number of carbonyl (C=O) groups is 5. The topological polar surface area (TPSA) is 167 Å². The van der Waals surface area contributed by atoms with Gasteiger partial charge in [0.25, 0.3) is 0 Å². The number of benzene rings is 1. The van der Waals surface area contributed by atoms with Crippen LogP contribution in [0, 0.1) is 29.1 Å². The van der Waals surface area contributed by atoms with Crippen LogP contribution in [0.5, 0.6) is 5.75 Å². The zero-order chi connectivity index (χ0) is 45.4. The molecule has 0 fully saturated rings. The molecule has 2 aliphatic rings. The Morgan fingerprint density at radius 2 is 1.50 bits per heavy atom. The molecule has 0 aromatic heterocycles. The molecule has 2 aliphatic heterocycles. The zero-order valence-electron chi connectivity index (χ0n) is 38.8. The molecule has 2 bridgehead atoms. The Kier molecular flexibility index (Phi) is 17.8. The number of rotatable bonds is 6. The molecular weight excluding hydrogens is 767 g/mol. The van der Waals surface area contributed by atoms with Crippen LogP contribution >= 0.6 is 0 Å². The van der Waals surface area contributed by atoms with Crippen LogP contribution in [-0.2, 0) is 39.9 Å². The van der Waals surface area contributed by atoms with Crippen molar-refractivity contribution in [3.05, 3.63) is 41.5 Å². The number of likely N-dealkylation sites (N-methyl/N-ethyl adjacent to an activating group) is 3. The Hall–Kier alpha value is -4.46. The van der Waals surface area contributed by atoms with Gasteiger partial charge in [0.2, 0.25) is 23.6 Å². The van der Waals surface area contributed by atoms with Gasteiger partial charge in [-0.2, -0.15) is 0 Å². The van der Waals surface area contributed by atoms with Crippen molar-refractivity contribution in [2.24, 2.45) is 34.1 Å². The van der Waals surface area contributed by atoms with Crippen LogP contribution in [0.4, 0.5) is 0 Å². The maximum Gasteiger partial charge on any atom is 0.329 e. The lowest BCUT2D eigenvalue weighted by Crippen LogP contribution is -2.60. The maximum atomic E-state index is 14.6. The van der Waals surface area contributed by atoms with Gasteiger partial charge in [0.05, 0.1) is 19.1 Å². The Bertz CT molecular complexity index is 1720. The Labute approximate surface area is 358 Å². The van der Waals surface area contributed by atoms with Gasteiger partial charge in [-0.3, -0.25) is 19.2 Å². The number of aliphatic hydroxyl groups excluding tert-OH is 1. The van der Waals surface area contributed by atoms with Gasteiger partial charge >= 0.3 is 5.97 Å². The first-order chi connectivity index (χ1) is 27.9. The second-order valence-corrected chi connectivity index (χ2v) is 18.5. The lowest BCUT2D eigenvalue weighted by atomic mass is 9.81. The van der Waals surface area contributed by atoms with E-state index in [4.69, 9.17) is 19.2 Å².